The van der Waals surface area contributed by atoms with Gasteiger partial charge in [-0.1, -0.05) is 104 Å². The van der Waals surface area contributed by atoms with Crippen molar-refractivity contribution in [1.29, 1.82) is 0 Å². The summed E-state index contributed by atoms with van der Waals surface area (Å²) < 4.78 is 0. The maximum absolute atomic E-state index is 11.7. The van der Waals surface area contributed by atoms with Gasteiger partial charge in [-0.25, -0.2) is 0 Å². The Morgan fingerprint density at radius 2 is 0.957 bits per heavy atom. The predicted octanol–water partition coefficient (Wildman–Crippen LogP) is 6.77. The molecule has 0 fully saturated rings. The van der Waals surface area contributed by atoms with Crippen molar-refractivity contribution < 1.29 is 4.79 Å². The normalized spacial score (nSPS) is 10.9. The summed E-state index contributed by atoms with van der Waals surface area (Å²) in [6.07, 6.45) is 21.7. The number of hydrogen-bond acceptors (Lipinski definition) is 1. The highest BCUT2D eigenvalue weighted by molar-refractivity contribution is 5.75. The summed E-state index contributed by atoms with van der Waals surface area (Å²) in [5.41, 5.74) is 0. The predicted molar refractivity (Wildman–Crippen MR) is 103 cm³/mol. The maximum atomic E-state index is 11.7. The van der Waals surface area contributed by atoms with E-state index in [0.29, 0.717) is 0 Å². The average molecular weight is 326 g/mol. The smallest absolute Gasteiger partial charge is 0.219 e. The van der Waals surface area contributed by atoms with Crippen molar-refractivity contribution in [3.63, 3.8) is 0 Å². The molecular weight excluding hydrogens is 282 g/mol. The summed E-state index contributed by atoms with van der Waals surface area (Å²) in [7, 11) is 0. The number of hydrogen-bond donors (Lipinski definition) is 1. The van der Waals surface area contributed by atoms with Gasteiger partial charge in [-0.15, -0.1) is 0 Å². The van der Waals surface area contributed by atoms with Crippen LogP contribution >= 0.6 is 0 Å². The van der Waals surface area contributed by atoms with Gasteiger partial charge >= 0.3 is 0 Å². The molecule has 0 saturated heterocycles. The molecule has 0 rings (SSSR count). The Morgan fingerprint density at radius 1 is 0.565 bits per heavy atom. The van der Waals surface area contributed by atoms with Crippen LogP contribution < -0.4 is 5.32 Å². The minimum absolute atomic E-state index is 0.263. The molecule has 0 radical (unpaired) electrons. The highest BCUT2D eigenvalue weighted by Gasteiger charge is 2.00. The van der Waals surface area contributed by atoms with Crippen LogP contribution in [0, 0.1) is 0 Å². The van der Waals surface area contributed by atoms with E-state index < -0.39 is 0 Å². The molecule has 0 aromatic rings. The average Bonchev–Trinajstić information content (AvgIpc) is 2.56. The number of carbonyl (C=O) groups excluding carboxylic acids is 1. The van der Waals surface area contributed by atoms with E-state index in [1.807, 2.05) is 0 Å². The van der Waals surface area contributed by atoms with E-state index >= 15 is 0 Å². The van der Waals surface area contributed by atoms with Crippen molar-refractivity contribution in [3.8, 4) is 0 Å². The van der Waals surface area contributed by atoms with Crippen LogP contribution in [0.15, 0.2) is 0 Å². The summed E-state index contributed by atoms with van der Waals surface area (Å²) in [5, 5.41) is 3.07. The molecule has 0 atom stereocenters. The monoisotopic (exact) mass is 325 g/mol. The Labute approximate surface area is 146 Å². The third-order valence-corrected chi connectivity index (χ3v) is 4.61. The molecule has 0 aliphatic heterocycles. The molecule has 0 aromatic carbocycles. The van der Waals surface area contributed by atoms with Gasteiger partial charge in [-0.2, -0.15) is 0 Å². The lowest BCUT2D eigenvalue weighted by Gasteiger charge is -2.05. The highest BCUT2D eigenvalue weighted by atomic mass is 16.1. The molecule has 23 heavy (non-hydrogen) atoms. The molecule has 1 N–H and O–H groups in total. The lowest BCUT2D eigenvalue weighted by atomic mass is 10.1. The summed E-state index contributed by atoms with van der Waals surface area (Å²) in [6, 6.07) is 0. The quantitative estimate of drug-likeness (QED) is 0.277. The van der Waals surface area contributed by atoms with Gasteiger partial charge in [0, 0.05) is 13.0 Å². The Hall–Kier alpha value is -0.530. The van der Waals surface area contributed by atoms with Gasteiger partial charge in [0.15, 0.2) is 0 Å². The molecule has 1 amide bonds. The van der Waals surface area contributed by atoms with Crippen molar-refractivity contribution in [3.05, 3.63) is 0 Å². The number of nitrogens with one attached hydrogen (secondary N) is 1. The number of amides is 1. The summed E-state index contributed by atoms with van der Waals surface area (Å²) >= 11 is 0. The van der Waals surface area contributed by atoms with Crippen molar-refractivity contribution in [2.45, 2.75) is 123 Å². The first-order valence-electron chi connectivity index (χ1n) is 10.6. The number of carbonyl (C=O) groups is 1. The zero-order chi connectivity index (χ0) is 17.0. The third kappa shape index (κ3) is 19.4. The first kappa shape index (κ1) is 22.5. The fourth-order valence-corrected chi connectivity index (χ4v) is 2.99. The molecule has 2 nitrogen and oxygen atoms in total. The Kier molecular flexibility index (Phi) is 19.1. The van der Waals surface area contributed by atoms with Crippen LogP contribution in [0.1, 0.15) is 123 Å². The van der Waals surface area contributed by atoms with Gasteiger partial charge in [0.2, 0.25) is 5.91 Å². The van der Waals surface area contributed by atoms with Crippen LogP contribution in [0.3, 0.4) is 0 Å². The fourth-order valence-electron chi connectivity index (χ4n) is 2.99. The van der Waals surface area contributed by atoms with Crippen LogP contribution in [0.2, 0.25) is 0 Å². The Morgan fingerprint density at radius 3 is 1.43 bits per heavy atom. The summed E-state index contributed by atoms with van der Waals surface area (Å²) in [5.74, 6) is 0.263. The summed E-state index contributed by atoms with van der Waals surface area (Å²) in [4.78, 5) is 11.7. The molecule has 138 valence electrons. The van der Waals surface area contributed by atoms with Crippen molar-refractivity contribution in [1.82, 2.24) is 5.32 Å². The van der Waals surface area contributed by atoms with Crippen molar-refractivity contribution >= 4 is 5.91 Å². The molecule has 0 unspecified atom stereocenters. The lowest BCUT2D eigenvalue weighted by molar-refractivity contribution is -0.121. The van der Waals surface area contributed by atoms with Gasteiger partial charge in [-0.3, -0.25) is 4.79 Å². The van der Waals surface area contributed by atoms with Crippen LogP contribution in [0.4, 0.5) is 0 Å². The van der Waals surface area contributed by atoms with Gasteiger partial charge in [0.05, 0.1) is 0 Å². The minimum Gasteiger partial charge on any atom is -0.356 e. The molecule has 0 aromatic heterocycles. The van der Waals surface area contributed by atoms with Crippen LogP contribution in [-0.2, 0) is 4.79 Å². The summed E-state index contributed by atoms with van der Waals surface area (Å²) in [6.45, 7) is 5.39. The van der Waals surface area contributed by atoms with E-state index in [1.54, 1.807) is 0 Å². The zero-order valence-corrected chi connectivity index (χ0v) is 16.1. The first-order chi connectivity index (χ1) is 11.3. The highest BCUT2D eigenvalue weighted by Crippen LogP contribution is 2.10. The SMILES string of the molecule is CCCCCCCCCCCC(=O)NCCCCCCCCC. The molecular formula is C21H43NO. The van der Waals surface area contributed by atoms with Crippen molar-refractivity contribution in [2.24, 2.45) is 0 Å². The molecule has 0 spiro atoms. The maximum Gasteiger partial charge on any atom is 0.219 e. The van der Waals surface area contributed by atoms with Gasteiger partial charge in [-0.05, 0) is 12.8 Å². The topological polar surface area (TPSA) is 29.1 Å². The molecule has 0 aliphatic rings. The fraction of sp³-hybridized carbons (Fsp3) is 0.952. The van der Waals surface area contributed by atoms with Crippen LogP contribution in [0.25, 0.3) is 0 Å². The van der Waals surface area contributed by atoms with Gasteiger partial charge in [0.1, 0.15) is 0 Å². The molecule has 0 bridgehead atoms. The van der Waals surface area contributed by atoms with Gasteiger partial charge < -0.3 is 5.32 Å². The molecule has 2 heteroatoms. The van der Waals surface area contributed by atoms with E-state index in [4.69, 9.17) is 0 Å². The van der Waals surface area contributed by atoms with E-state index in [-0.39, 0.29) is 5.91 Å². The second-order valence-electron chi connectivity index (χ2n) is 7.05. The molecule has 0 saturated carbocycles. The van der Waals surface area contributed by atoms with E-state index in [1.165, 1.54) is 89.9 Å². The number of rotatable bonds is 18. The standard InChI is InChI=1S/C21H43NO/c1-3-5-7-9-11-12-13-15-17-19-21(23)22-20-18-16-14-10-8-6-4-2/h3-20H2,1-2H3,(H,22,23). The minimum atomic E-state index is 0.263. The van der Waals surface area contributed by atoms with Crippen LogP contribution in [-0.4, -0.2) is 12.5 Å². The van der Waals surface area contributed by atoms with E-state index in [2.05, 4.69) is 19.2 Å². The molecule has 0 aliphatic carbocycles. The third-order valence-electron chi connectivity index (χ3n) is 4.61. The van der Waals surface area contributed by atoms with Crippen molar-refractivity contribution in [2.75, 3.05) is 6.54 Å². The second kappa shape index (κ2) is 19.5. The second-order valence-corrected chi connectivity index (χ2v) is 7.05. The largest absolute Gasteiger partial charge is 0.356 e. The first-order valence-corrected chi connectivity index (χ1v) is 10.6. The van der Waals surface area contributed by atoms with E-state index in [0.717, 1.165) is 25.8 Å². The Bertz CT molecular complexity index is 240. The number of unbranched alkanes of at least 4 members (excludes halogenated alkanes) is 14. The van der Waals surface area contributed by atoms with E-state index in [9.17, 15) is 4.79 Å². The molecule has 0 heterocycles. The Balaban J connectivity index is 3.13. The lowest BCUT2D eigenvalue weighted by Crippen LogP contribution is -2.23. The van der Waals surface area contributed by atoms with Gasteiger partial charge in [0.25, 0.3) is 0 Å². The zero-order valence-electron chi connectivity index (χ0n) is 16.1. The van der Waals surface area contributed by atoms with Crippen LogP contribution in [0.5, 0.6) is 0 Å².